The van der Waals surface area contributed by atoms with Gasteiger partial charge >= 0.3 is 0 Å². The van der Waals surface area contributed by atoms with Crippen molar-refractivity contribution in [3.8, 4) is 11.4 Å². The Kier molecular flexibility index (Phi) is 5.10. The second-order valence-electron chi connectivity index (χ2n) is 9.93. The van der Waals surface area contributed by atoms with Gasteiger partial charge in [0, 0.05) is 33.1 Å². The number of para-hydroxylation sites is 3. The summed E-state index contributed by atoms with van der Waals surface area (Å²) in [6.07, 6.45) is 0. The summed E-state index contributed by atoms with van der Waals surface area (Å²) in [6, 6.07) is 51.0. The van der Waals surface area contributed by atoms with Crippen LogP contribution in [0.3, 0.4) is 0 Å². The van der Waals surface area contributed by atoms with Crippen molar-refractivity contribution >= 4 is 55.2 Å². The van der Waals surface area contributed by atoms with Gasteiger partial charge in [0.05, 0.1) is 11.2 Å². The second-order valence-corrected chi connectivity index (χ2v) is 9.93. The minimum atomic E-state index is 0.839. The molecule has 0 unspecified atom stereocenters. The molecule has 0 bridgehead atoms. The number of benzene rings is 6. The lowest BCUT2D eigenvalue weighted by atomic mass is 10.00. The van der Waals surface area contributed by atoms with Crippen molar-refractivity contribution in [2.24, 2.45) is 0 Å². The highest BCUT2D eigenvalue weighted by Crippen LogP contribution is 2.42. The molecule has 4 heteroatoms. The van der Waals surface area contributed by atoms with Gasteiger partial charge in [-0.25, -0.2) is 0 Å². The summed E-state index contributed by atoms with van der Waals surface area (Å²) in [5.41, 5.74) is 6.34. The molecule has 4 nitrogen and oxygen atoms in total. The van der Waals surface area contributed by atoms with Gasteiger partial charge in [-0.05, 0) is 53.2 Å². The van der Waals surface area contributed by atoms with Crippen molar-refractivity contribution in [1.82, 2.24) is 14.6 Å². The smallest absolute Gasteiger partial charge is 0.169 e. The van der Waals surface area contributed by atoms with E-state index >= 15 is 0 Å². The minimum Gasteiger partial charge on any atom is -0.310 e. The van der Waals surface area contributed by atoms with E-state index in [1.165, 1.54) is 10.8 Å². The Morgan fingerprint density at radius 3 is 1.68 bits per heavy atom. The summed E-state index contributed by atoms with van der Waals surface area (Å²) in [5, 5.41) is 15.3. The van der Waals surface area contributed by atoms with Crippen molar-refractivity contribution in [3.05, 3.63) is 146 Å². The molecule has 0 saturated carbocycles. The Hall–Kier alpha value is -5.48. The third-order valence-electron chi connectivity index (χ3n) is 7.68. The highest BCUT2D eigenvalue weighted by Gasteiger charge is 2.20. The lowest BCUT2D eigenvalue weighted by Gasteiger charge is -2.27. The van der Waals surface area contributed by atoms with E-state index in [1.54, 1.807) is 0 Å². The zero-order valence-corrected chi connectivity index (χ0v) is 21.6. The number of pyridine rings is 1. The SMILES string of the molecule is c1ccc(N(c2ccccc2)c2ccc(-c3nnc4c5ccccc5c5ccccc5n34)c3ccccc23)cc1. The molecule has 2 aromatic heterocycles. The van der Waals surface area contributed by atoms with Crippen LogP contribution in [0.5, 0.6) is 0 Å². The number of rotatable bonds is 4. The molecule has 2 heterocycles. The zero-order chi connectivity index (χ0) is 26.5. The average molecular weight is 513 g/mol. The van der Waals surface area contributed by atoms with E-state index < -0.39 is 0 Å². The van der Waals surface area contributed by atoms with E-state index in [2.05, 4.69) is 155 Å². The highest BCUT2D eigenvalue weighted by atomic mass is 15.2. The Morgan fingerprint density at radius 2 is 0.975 bits per heavy atom. The van der Waals surface area contributed by atoms with Gasteiger partial charge in [-0.1, -0.05) is 103 Å². The van der Waals surface area contributed by atoms with Gasteiger partial charge in [-0.3, -0.25) is 4.40 Å². The van der Waals surface area contributed by atoms with Crippen LogP contribution >= 0.6 is 0 Å². The Morgan fingerprint density at radius 1 is 0.425 bits per heavy atom. The van der Waals surface area contributed by atoms with Crippen molar-refractivity contribution < 1.29 is 0 Å². The van der Waals surface area contributed by atoms with Crippen molar-refractivity contribution in [2.45, 2.75) is 0 Å². The second kappa shape index (κ2) is 9.07. The molecule has 0 amide bonds. The van der Waals surface area contributed by atoms with Crippen molar-refractivity contribution in [1.29, 1.82) is 0 Å². The van der Waals surface area contributed by atoms with Crippen LogP contribution in [0.1, 0.15) is 0 Å². The molecule has 0 radical (unpaired) electrons. The topological polar surface area (TPSA) is 33.4 Å². The van der Waals surface area contributed by atoms with E-state index in [9.17, 15) is 0 Å². The molecule has 8 rings (SSSR count). The van der Waals surface area contributed by atoms with Crippen LogP contribution in [0.25, 0.3) is 49.5 Å². The summed E-state index contributed by atoms with van der Waals surface area (Å²) >= 11 is 0. The van der Waals surface area contributed by atoms with E-state index in [0.29, 0.717) is 0 Å². The minimum absolute atomic E-state index is 0.839. The maximum atomic E-state index is 4.81. The summed E-state index contributed by atoms with van der Waals surface area (Å²) in [5.74, 6) is 0.839. The van der Waals surface area contributed by atoms with Crippen LogP contribution in [-0.4, -0.2) is 14.6 Å². The number of nitrogens with zero attached hydrogens (tertiary/aromatic N) is 4. The highest BCUT2D eigenvalue weighted by molar-refractivity contribution is 6.13. The summed E-state index contributed by atoms with van der Waals surface area (Å²) in [7, 11) is 0. The molecular weight excluding hydrogens is 488 g/mol. The zero-order valence-electron chi connectivity index (χ0n) is 21.6. The largest absolute Gasteiger partial charge is 0.310 e. The molecule has 0 atom stereocenters. The predicted octanol–water partition coefficient (Wildman–Crippen LogP) is 9.33. The molecule has 40 heavy (non-hydrogen) atoms. The summed E-state index contributed by atoms with van der Waals surface area (Å²) in [6.45, 7) is 0. The molecule has 0 saturated heterocycles. The maximum Gasteiger partial charge on any atom is 0.169 e. The third-order valence-corrected chi connectivity index (χ3v) is 7.68. The first-order chi connectivity index (χ1) is 19.9. The molecule has 6 aromatic carbocycles. The number of anilines is 3. The van der Waals surface area contributed by atoms with Crippen molar-refractivity contribution in [3.63, 3.8) is 0 Å². The van der Waals surface area contributed by atoms with Crippen LogP contribution in [0.4, 0.5) is 17.1 Å². The summed E-state index contributed by atoms with van der Waals surface area (Å²) in [4.78, 5) is 2.32. The molecule has 0 N–H and O–H groups in total. The fraction of sp³-hybridized carbons (Fsp3) is 0. The molecule has 0 aliphatic carbocycles. The first-order valence-electron chi connectivity index (χ1n) is 13.5. The average Bonchev–Trinajstić information content (AvgIpc) is 3.48. The van der Waals surface area contributed by atoms with Crippen LogP contribution in [0.2, 0.25) is 0 Å². The van der Waals surface area contributed by atoms with Gasteiger partial charge < -0.3 is 4.90 Å². The lowest BCUT2D eigenvalue weighted by Crippen LogP contribution is -2.10. The van der Waals surface area contributed by atoms with E-state index in [-0.39, 0.29) is 0 Å². The molecule has 0 spiro atoms. The maximum absolute atomic E-state index is 4.81. The molecule has 0 aliphatic rings. The van der Waals surface area contributed by atoms with E-state index in [0.717, 1.165) is 55.8 Å². The quantitative estimate of drug-likeness (QED) is 0.220. The fourth-order valence-electron chi connectivity index (χ4n) is 5.93. The lowest BCUT2D eigenvalue weighted by molar-refractivity contribution is 1.12. The number of hydrogen-bond donors (Lipinski definition) is 0. The Bertz CT molecular complexity index is 2130. The van der Waals surface area contributed by atoms with Gasteiger partial charge in [0.2, 0.25) is 0 Å². The first kappa shape index (κ1) is 22.5. The summed E-state index contributed by atoms with van der Waals surface area (Å²) < 4.78 is 2.21. The number of hydrogen-bond acceptors (Lipinski definition) is 3. The van der Waals surface area contributed by atoms with Crippen LogP contribution in [0.15, 0.2) is 146 Å². The molecule has 188 valence electrons. The Labute approximate surface area is 231 Å². The molecule has 0 aliphatic heterocycles. The number of fused-ring (bicyclic) bond motifs is 7. The van der Waals surface area contributed by atoms with Gasteiger partial charge in [0.15, 0.2) is 11.5 Å². The van der Waals surface area contributed by atoms with Gasteiger partial charge in [0.25, 0.3) is 0 Å². The molecular formula is C36H24N4. The van der Waals surface area contributed by atoms with E-state index in [4.69, 9.17) is 10.2 Å². The van der Waals surface area contributed by atoms with Gasteiger partial charge in [-0.2, -0.15) is 0 Å². The molecule has 8 aromatic rings. The van der Waals surface area contributed by atoms with Gasteiger partial charge in [-0.15, -0.1) is 10.2 Å². The van der Waals surface area contributed by atoms with Crippen molar-refractivity contribution in [2.75, 3.05) is 4.90 Å². The first-order valence-corrected chi connectivity index (χ1v) is 13.5. The fourth-order valence-corrected chi connectivity index (χ4v) is 5.93. The molecule has 0 fully saturated rings. The van der Waals surface area contributed by atoms with Crippen LogP contribution < -0.4 is 4.90 Å². The van der Waals surface area contributed by atoms with E-state index in [1.807, 2.05) is 0 Å². The monoisotopic (exact) mass is 512 g/mol. The number of aromatic nitrogens is 3. The Balaban J connectivity index is 1.43. The normalized spacial score (nSPS) is 11.5. The van der Waals surface area contributed by atoms with Gasteiger partial charge in [0.1, 0.15) is 0 Å². The van der Waals surface area contributed by atoms with Crippen LogP contribution in [0, 0.1) is 0 Å². The predicted molar refractivity (Wildman–Crippen MR) is 166 cm³/mol. The third kappa shape index (κ3) is 3.40. The standard InChI is InChI=1S/C36H24N4/c1-3-13-25(14-4-1)39(26-15-5-2-6-16-26)34-24-23-32(28-18-7-9-19-30(28)34)36-38-37-35-31-21-10-8-17-27(31)29-20-11-12-22-33(29)40(35)36/h1-24H. The van der Waals surface area contributed by atoms with Crippen LogP contribution in [-0.2, 0) is 0 Å².